The first kappa shape index (κ1) is 22.2. The lowest BCUT2D eigenvalue weighted by Crippen LogP contribution is -2.13. The summed E-state index contributed by atoms with van der Waals surface area (Å²) in [6.45, 7) is 7.58. The fraction of sp³-hybridized carbons (Fsp3) is 0. The molecule has 0 atom stereocenters. The van der Waals surface area contributed by atoms with Crippen molar-refractivity contribution in [1.29, 1.82) is 0 Å². The summed E-state index contributed by atoms with van der Waals surface area (Å²) in [6.07, 6.45) is 0. The molecule has 4 rings (SSSR count). The molecule has 3 aromatic rings. The minimum Gasteiger partial charge on any atom is -0.340 e. The van der Waals surface area contributed by atoms with Crippen molar-refractivity contribution in [2.24, 2.45) is 4.99 Å². The Morgan fingerprint density at radius 3 is 2.33 bits per heavy atom. The molecule has 33 heavy (non-hydrogen) atoms. The van der Waals surface area contributed by atoms with E-state index in [4.69, 9.17) is 18.2 Å². The molecule has 0 aliphatic carbocycles. The topological polar surface area (TPSA) is 112 Å². The number of halogens is 1. The number of carbonyl (C=O) groups excluding carboxylic acids is 1. The lowest BCUT2D eigenvalue weighted by atomic mass is 10.1. The third-order valence-corrected chi connectivity index (χ3v) is 5.81. The second-order valence-electron chi connectivity index (χ2n) is 6.90. The Bertz CT molecular complexity index is 1470. The molecule has 1 aliphatic rings. The van der Waals surface area contributed by atoms with E-state index in [0.29, 0.717) is 33.4 Å². The number of nitrogens with one attached hydrogen (secondary N) is 2. The summed E-state index contributed by atoms with van der Waals surface area (Å²) >= 11 is 5.87. The van der Waals surface area contributed by atoms with Gasteiger partial charge in [-0.3, -0.25) is 9.35 Å². The number of anilines is 2. The highest BCUT2D eigenvalue weighted by Gasteiger charge is 2.26. The zero-order valence-electron chi connectivity index (χ0n) is 16.8. The molecule has 0 unspecified atom stereocenters. The second kappa shape index (κ2) is 8.88. The average molecular weight is 479 g/mol. The van der Waals surface area contributed by atoms with Gasteiger partial charge in [-0.25, -0.2) is 9.84 Å². The number of rotatable bonds is 4. The monoisotopic (exact) mass is 478 g/mol. The summed E-state index contributed by atoms with van der Waals surface area (Å²) in [5, 5.41) is 6.18. The van der Waals surface area contributed by atoms with Crippen LogP contribution in [0.3, 0.4) is 0 Å². The summed E-state index contributed by atoms with van der Waals surface area (Å²) in [5.74, 6) is -0.302. The highest BCUT2D eigenvalue weighted by atomic mass is 35.5. The molecule has 8 nitrogen and oxygen atoms in total. The Morgan fingerprint density at radius 2 is 1.67 bits per heavy atom. The van der Waals surface area contributed by atoms with Crippen molar-refractivity contribution in [3.05, 3.63) is 106 Å². The van der Waals surface area contributed by atoms with Crippen molar-refractivity contribution in [3.63, 3.8) is 0 Å². The van der Waals surface area contributed by atoms with Gasteiger partial charge in [0.1, 0.15) is 5.84 Å². The van der Waals surface area contributed by atoms with Crippen LogP contribution in [-0.2, 0) is 14.9 Å². The second-order valence-corrected chi connectivity index (χ2v) is 8.76. The van der Waals surface area contributed by atoms with Gasteiger partial charge in [0.15, 0.2) is 0 Å². The summed E-state index contributed by atoms with van der Waals surface area (Å²) in [7, 11) is -4.38. The first-order valence-electron chi connectivity index (χ1n) is 9.48. The van der Waals surface area contributed by atoms with Gasteiger partial charge in [-0.2, -0.15) is 8.42 Å². The quantitative estimate of drug-likeness (QED) is 0.286. The van der Waals surface area contributed by atoms with E-state index in [1.807, 2.05) is 0 Å². The van der Waals surface area contributed by atoms with Crippen molar-refractivity contribution in [2.75, 3.05) is 10.6 Å². The van der Waals surface area contributed by atoms with Gasteiger partial charge in [-0.05, 0) is 42.5 Å². The van der Waals surface area contributed by atoms with Crippen molar-refractivity contribution < 1.29 is 17.8 Å². The van der Waals surface area contributed by atoms with Crippen LogP contribution in [0.15, 0.2) is 88.4 Å². The lowest BCUT2D eigenvalue weighted by Gasteiger charge is -2.08. The molecule has 164 valence electrons. The minimum atomic E-state index is -4.38. The molecule has 0 fully saturated rings. The van der Waals surface area contributed by atoms with Crippen LogP contribution in [0, 0.1) is 6.57 Å². The zero-order valence-corrected chi connectivity index (χ0v) is 18.4. The van der Waals surface area contributed by atoms with Crippen LogP contribution >= 0.6 is 11.6 Å². The van der Waals surface area contributed by atoms with Gasteiger partial charge in [-0.1, -0.05) is 41.9 Å². The van der Waals surface area contributed by atoms with Crippen LogP contribution in [0.25, 0.3) is 10.5 Å². The SMILES string of the molecule is [C-]#[N+]/C(C(=O)Nc1ccc(Cl)cc1)=C1/N=C(Nc2cccc(S(=O)(=O)O)c2)c2ccccc21. The lowest BCUT2D eigenvalue weighted by molar-refractivity contribution is -0.112. The van der Waals surface area contributed by atoms with E-state index in [0.717, 1.165) is 0 Å². The smallest absolute Gasteiger partial charge is 0.294 e. The maximum Gasteiger partial charge on any atom is 0.294 e. The number of carbonyl (C=O) groups is 1. The Labute approximate surface area is 194 Å². The van der Waals surface area contributed by atoms with Gasteiger partial charge >= 0.3 is 0 Å². The summed E-state index contributed by atoms with van der Waals surface area (Å²) in [5.41, 5.74) is 2.01. The van der Waals surface area contributed by atoms with E-state index in [-0.39, 0.29) is 16.3 Å². The molecule has 0 spiro atoms. The van der Waals surface area contributed by atoms with Crippen LogP contribution < -0.4 is 10.6 Å². The number of nitrogens with zero attached hydrogens (tertiary/aromatic N) is 2. The van der Waals surface area contributed by atoms with E-state index in [9.17, 15) is 17.8 Å². The van der Waals surface area contributed by atoms with Crippen molar-refractivity contribution in [3.8, 4) is 0 Å². The van der Waals surface area contributed by atoms with Crippen molar-refractivity contribution >= 4 is 50.5 Å². The number of amidine groups is 1. The fourth-order valence-corrected chi connectivity index (χ4v) is 3.86. The van der Waals surface area contributed by atoms with Crippen LogP contribution in [0.5, 0.6) is 0 Å². The maximum absolute atomic E-state index is 12.8. The number of fused-ring (bicyclic) bond motifs is 1. The largest absolute Gasteiger partial charge is 0.340 e. The van der Waals surface area contributed by atoms with E-state index >= 15 is 0 Å². The van der Waals surface area contributed by atoms with E-state index < -0.39 is 16.0 Å². The molecule has 1 heterocycles. The van der Waals surface area contributed by atoms with Gasteiger partial charge in [0.25, 0.3) is 21.7 Å². The number of aliphatic imine (C=N–C) groups is 1. The normalized spacial score (nSPS) is 14.0. The third-order valence-electron chi connectivity index (χ3n) is 4.71. The molecule has 3 N–H and O–H groups in total. The van der Waals surface area contributed by atoms with E-state index in [2.05, 4.69) is 20.5 Å². The highest BCUT2D eigenvalue weighted by molar-refractivity contribution is 7.85. The predicted molar refractivity (Wildman–Crippen MR) is 126 cm³/mol. The van der Waals surface area contributed by atoms with Crippen molar-refractivity contribution in [1.82, 2.24) is 0 Å². The minimum absolute atomic E-state index is 0.181. The van der Waals surface area contributed by atoms with Crippen LogP contribution in [0.2, 0.25) is 5.02 Å². The van der Waals surface area contributed by atoms with Gasteiger partial charge < -0.3 is 10.6 Å². The van der Waals surface area contributed by atoms with Crippen LogP contribution in [0.1, 0.15) is 11.1 Å². The molecule has 1 amide bonds. The zero-order chi connectivity index (χ0) is 23.6. The number of hydrogen-bond donors (Lipinski definition) is 3. The number of amides is 1. The Morgan fingerprint density at radius 1 is 0.970 bits per heavy atom. The number of benzene rings is 3. The Balaban J connectivity index is 1.72. The first-order valence-corrected chi connectivity index (χ1v) is 11.3. The van der Waals surface area contributed by atoms with Gasteiger partial charge in [-0.15, -0.1) is 0 Å². The molecule has 0 saturated carbocycles. The van der Waals surface area contributed by atoms with Crippen LogP contribution in [0.4, 0.5) is 11.4 Å². The summed E-state index contributed by atoms with van der Waals surface area (Å²) in [4.78, 5) is 20.5. The Hall–Kier alpha value is -3.97. The van der Waals surface area contributed by atoms with Gasteiger partial charge in [0.2, 0.25) is 0 Å². The first-order chi connectivity index (χ1) is 15.8. The summed E-state index contributed by atoms with van der Waals surface area (Å²) < 4.78 is 32.2. The third kappa shape index (κ3) is 4.78. The highest BCUT2D eigenvalue weighted by Crippen LogP contribution is 2.33. The molecule has 10 heteroatoms. The molecule has 0 saturated heterocycles. The van der Waals surface area contributed by atoms with Crippen molar-refractivity contribution in [2.45, 2.75) is 4.90 Å². The van der Waals surface area contributed by atoms with Crippen LogP contribution in [-0.4, -0.2) is 24.7 Å². The maximum atomic E-state index is 12.8. The molecule has 0 bridgehead atoms. The standard InChI is InChI=1S/C23H15ClN4O4S/c1-25-21(23(29)27-15-11-9-14(24)10-12-15)20-18-7-2-3-8-19(18)22(28-20)26-16-5-4-6-17(13-16)33(30,31)32/h2-13H,(H,26,28)(H,27,29)(H,30,31,32)/b21-20+. The molecule has 0 aromatic heterocycles. The molecule has 0 radical (unpaired) electrons. The van der Waals surface area contributed by atoms with E-state index in [1.165, 1.54) is 18.2 Å². The molecular weight excluding hydrogens is 464 g/mol. The molecular formula is C23H15ClN4O4S. The van der Waals surface area contributed by atoms with Gasteiger partial charge in [0, 0.05) is 27.5 Å². The Kier molecular flexibility index (Phi) is 5.98. The average Bonchev–Trinajstić information content (AvgIpc) is 3.14. The fourth-order valence-electron chi connectivity index (χ4n) is 3.21. The molecule has 3 aromatic carbocycles. The molecule has 1 aliphatic heterocycles. The van der Waals surface area contributed by atoms with E-state index in [1.54, 1.807) is 54.6 Å². The summed E-state index contributed by atoms with van der Waals surface area (Å²) in [6, 6.07) is 19.1. The van der Waals surface area contributed by atoms with Gasteiger partial charge in [0.05, 0.1) is 17.2 Å². The number of hydrogen-bond acceptors (Lipinski definition) is 5. The predicted octanol–water partition coefficient (Wildman–Crippen LogP) is 4.69.